The van der Waals surface area contributed by atoms with Crippen LogP contribution in [0.4, 0.5) is 26.7 Å². The van der Waals surface area contributed by atoms with Gasteiger partial charge in [-0.2, -0.15) is 0 Å². The van der Waals surface area contributed by atoms with Gasteiger partial charge in [0.25, 0.3) is 0 Å². The van der Waals surface area contributed by atoms with Crippen LogP contribution in [0.25, 0.3) is 0 Å². The summed E-state index contributed by atoms with van der Waals surface area (Å²) in [5.41, 5.74) is -1.79. The molecular formula is C20H22F5NO3. The Kier molecular flexibility index (Phi) is 5.62. The fourth-order valence-electron chi connectivity index (χ4n) is 4.18. The minimum atomic E-state index is -2.25. The molecule has 29 heavy (non-hydrogen) atoms. The molecule has 0 spiro atoms. The maximum absolute atomic E-state index is 13.9. The zero-order valence-electron chi connectivity index (χ0n) is 16.3. The Hall–Kier alpha value is -2.19. The van der Waals surface area contributed by atoms with Gasteiger partial charge in [0.2, 0.25) is 5.82 Å². The topological polar surface area (TPSA) is 46.6 Å². The summed E-state index contributed by atoms with van der Waals surface area (Å²) in [6, 6.07) is -0.511. The fourth-order valence-corrected chi connectivity index (χ4v) is 4.18. The van der Waals surface area contributed by atoms with Gasteiger partial charge in [-0.05, 0) is 46.5 Å². The molecule has 2 heterocycles. The molecule has 0 aliphatic carbocycles. The number of ether oxygens (including phenoxy) is 1. The third-order valence-electron chi connectivity index (χ3n) is 5.44. The second-order valence-corrected chi connectivity index (χ2v) is 8.63. The smallest absolute Gasteiger partial charge is 0.410 e. The zero-order valence-corrected chi connectivity index (χ0v) is 16.3. The largest absolute Gasteiger partial charge is 0.444 e. The van der Waals surface area contributed by atoms with Crippen LogP contribution in [0, 0.1) is 35.0 Å². The van der Waals surface area contributed by atoms with Crippen molar-refractivity contribution >= 4 is 11.9 Å². The van der Waals surface area contributed by atoms with Gasteiger partial charge in [-0.3, -0.25) is 4.79 Å². The van der Waals surface area contributed by atoms with E-state index in [1.54, 1.807) is 25.7 Å². The van der Waals surface area contributed by atoms with Crippen LogP contribution >= 0.6 is 0 Å². The third-order valence-corrected chi connectivity index (χ3v) is 5.44. The molecule has 2 atom stereocenters. The summed E-state index contributed by atoms with van der Waals surface area (Å²) in [7, 11) is 0. The van der Waals surface area contributed by atoms with Crippen LogP contribution in [0.1, 0.15) is 52.0 Å². The van der Waals surface area contributed by atoms with Crippen molar-refractivity contribution in [3.8, 4) is 0 Å². The van der Waals surface area contributed by atoms with E-state index in [1.165, 1.54) is 0 Å². The lowest BCUT2D eigenvalue weighted by Crippen LogP contribution is -2.49. The van der Waals surface area contributed by atoms with Crippen molar-refractivity contribution < 1.29 is 36.3 Å². The second-order valence-electron chi connectivity index (χ2n) is 8.63. The van der Waals surface area contributed by atoms with Crippen molar-refractivity contribution in [2.45, 2.75) is 70.6 Å². The molecule has 2 unspecified atom stereocenters. The van der Waals surface area contributed by atoms with Crippen molar-refractivity contribution in [1.29, 1.82) is 0 Å². The van der Waals surface area contributed by atoms with Crippen LogP contribution in [-0.4, -0.2) is 34.5 Å². The van der Waals surface area contributed by atoms with Gasteiger partial charge in [-0.25, -0.2) is 26.7 Å². The lowest BCUT2D eigenvalue weighted by molar-refractivity contribution is -0.124. The van der Waals surface area contributed by atoms with Crippen LogP contribution in [0.2, 0.25) is 0 Å². The van der Waals surface area contributed by atoms with Gasteiger partial charge in [0.15, 0.2) is 23.3 Å². The van der Waals surface area contributed by atoms with Gasteiger partial charge >= 0.3 is 6.09 Å². The van der Waals surface area contributed by atoms with Crippen molar-refractivity contribution in [2.24, 2.45) is 5.92 Å². The highest BCUT2D eigenvalue weighted by atomic mass is 19.2. The SMILES string of the molecule is CC(C)(C)OC(=O)N1C2CCC1CC(C(=O)Cc1c(F)c(F)c(F)c(F)c1F)C2. The van der Waals surface area contributed by atoms with Gasteiger partial charge in [0, 0.05) is 30.0 Å². The number of carbonyl (C=O) groups excluding carboxylic acids is 2. The average molecular weight is 419 g/mol. The standard InChI is InChI=1S/C20H22F5NO3/c1-20(2,3)29-19(28)26-10-4-5-11(26)7-9(6-10)13(27)8-12-14(21)16(23)18(25)17(24)15(12)22/h9-11H,4-8H2,1-3H3. The van der Waals surface area contributed by atoms with E-state index in [-0.39, 0.29) is 24.9 Å². The maximum atomic E-state index is 13.9. The Balaban J connectivity index is 1.74. The summed E-state index contributed by atoms with van der Waals surface area (Å²) in [4.78, 5) is 26.6. The Labute approximate surface area is 165 Å². The molecule has 4 nitrogen and oxygen atoms in total. The first-order valence-corrected chi connectivity index (χ1v) is 9.45. The third kappa shape index (κ3) is 4.09. The number of ketones is 1. The van der Waals surface area contributed by atoms with E-state index in [1.807, 2.05) is 0 Å². The van der Waals surface area contributed by atoms with E-state index in [0.717, 1.165) is 0 Å². The molecule has 1 aromatic rings. The van der Waals surface area contributed by atoms with Crippen LogP contribution in [-0.2, 0) is 16.0 Å². The quantitative estimate of drug-likeness (QED) is 0.406. The number of hydrogen-bond donors (Lipinski definition) is 0. The molecule has 0 N–H and O–H groups in total. The van der Waals surface area contributed by atoms with Crippen molar-refractivity contribution in [3.63, 3.8) is 0 Å². The van der Waals surface area contributed by atoms with Crippen molar-refractivity contribution in [2.75, 3.05) is 0 Å². The van der Waals surface area contributed by atoms with Gasteiger partial charge in [-0.1, -0.05) is 0 Å². The molecule has 1 amide bonds. The molecule has 2 saturated heterocycles. The number of benzene rings is 1. The number of piperidine rings is 1. The van der Waals surface area contributed by atoms with Gasteiger partial charge < -0.3 is 9.64 Å². The lowest BCUT2D eigenvalue weighted by Gasteiger charge is -2.39. The average Bonchev–Trinajstić information content (AvgIpc) is 2.90. The summed E-state index contributed by atoms with van der Waals surface area (Å²) >= 11 is 0. The molecule has 160 valence electrons. The Morgan fingerprint density at radius 2 is 1.34 bits per heavy atom. The first-order chi connectivity index (χ1) is 13.4. The predicted octanol–water partition coefficient (Wildman–Crippen LogP) is 4.67. The number of hydrogen-bond acceptors (Lipinski definition) is 3. The minimum absolute atomic E-state index is 0.256. The number of rotatable bonds is 3. The molecule has 9 heteroatoms. The molecular weight excluding hydrogens is 397 g/mol. The Morgan fingerprint density at radius 3 is 1.79 bits per heavy atom. The minimum Gasteiger partial charge on any atom is -0.444 e. The molecule has 2 aliphatic rings. The summed E-state index contributed by atoms with van der Waals surface area (Å²) in [5.74, 6) is -11.6. The molecule has 0 radical (unpaired) electrons. The van der Waals surface area contributed by atoms with E-state index in [2.05, 4.69) is 0 Å². The first kappa shape index (κ1) is 21.5. The van der Waals surface area contributed by atoms with Crippen LogP contribution < -0.4 is 0 Å². The highest BCUT2D eigenvalue weighted by molar-refractivity contribution is 5.84. The molecule has 2 bridgehead atoms. The number of nitrogens with zero attached hydrogens (tertiary/aromatic N) is 1. The van der Waals surface area contributed by atoms with Crippen LogP contribution in [0.3, 0.4) is 0 Å². The Morgan fingerprint density at radius 1 is 0.897 bits per heavy atom. The van der Waals surface area contributed by atoms with E-state index < -0.39 is 64.5 Å². The van der Waals surface area contributed by atoms with E-state index in [4.69, 9.17) is 4.74 Å². The van der Waals surface area contributed by atoms with Crippen LogP contribution in [0.5, 0.6) is 0 Å². The van der Waals surface area contributed by atoms with Gasteiger partial charge in [-0.15, -0.1) is 0 Å². The molecule has 2 aliphatic heterocycles. The molecule has 2 fully saturated rings. The zero-order chi connectivity index (χ0) is 21.7. The predicted molar refractivity (Wildman–Crippen MR) is 92.6 cm³/mol. The Bertz CT molecular complexity index is 808. The fraction of sp³-hybridized carbons (Fsp3) is 0.600. The molecule has 0 saturated carbocycles. The second kappa shape index (κ2) is 7.57. The van der Waals surface area contributed by atoms with E-state index >= 15 is 0 Å². The van der Waals surface area contributed by atoms with Crippen LogP contribution in [0.15, 0.2) is 0 Å². The number of carbonyl (C=O) groups is 2. The highest BCUT2D eigenvalue weighted by Crippen LogP contribution is 2.40. The summed E-state index contributed by atoms with van der Waals surface area (Å²) in [6.45, 7) is 5.23. The molecule has 3 rings (SSSR count). The van der Waals surface area contributed by atoms with Gasteiger partial charge in [0.05, 0.1) is 0 Å². The van der Waals surface area contributed by atoms with Crippen molar-refractivity contribution in [1.82, 2.24) is 4.90 Å². The van der Waals surface area contributed by atoms with Crippen molar-refractivity contribution in [3.05, 3.63) is 34.6 Å². The summed E-state index contributed by atoms with van der Waals surface area (Å²) in [6.07, 6.45) is 0.499. The number of halogens is 5. The van der Waals surface area contributed by atoms with E-state index in [9.17, 15) is 31.5 Å². The lowest BCUT2D eigenvalue weighted by atomic mass is 9.85. The van der Waals surface area contributed by atoms with E-state index in [0.29, 0.717) is 12.8 Å². The van der Waals surface area contributed by atoms with Gasteiger partial charge in [0.1, 0.15) is 11.4 Å². The molecule has 1 aromatic carbocycles. The number of amides is 1. The maximum Gasteiger partial charge on any atom is 0.410 e. The summed E-state index contributed by atoms with van der Waals surface area (Å²) < 4.78 is 73.1. The highest BCUT2D eigenvalue weighted by Gasteiger charge is 2.46. The molecule has 0 aromatic heterocycles. The number of Topliss-reactive ketones (excluding diaryl/α,β-unsaturated/α-hetero) is 1. The summed E-state index contributed by atoms with van der Waals surface area (Å²) in [5, 5.41) is 0. The first-order valence-electron chi connectivity index (χ1n) is 9.45. The number of fused-ring (bicyclic) bond motifs is 2. The monoisotopic (exact) mass is 419 g/mol. The normalized spacial score (nSPS) is 24.0.